The van der Waals surface area contributed by atoms with Gasteiger partial charge in [-0.15, -0.1) is 11.8 Å². The number of rotatable bonds is 3. The lowest BCUT2D eigenvalue weighted by Crippen LogP contribution is -2.12. The highest BCUT2D eigenvalue weighted by molar-refractivity contribution is 7.98. The molecule has 0 saturated carbocycles. The molecule has 2 aromatic rings. The minimum atomic E-state index is 0.273. The van der Waals surface area contributed by atoms with Crippen molar-refractivity contribution in [2.75, 3.05) is 12.5 Å². The van der Waals surface area contributed by atoms with Crippen LogP contribution in [0.1, 0.15) is 11.1 Å². The van der Waals surface area contributed by atoms with Gasteiger partial charge in [0.05, 0.1) is 6.61 Å². The van der Waals surface area contributed by atoms with Crippen LogP contribution >= 0.6 is 35.0 Å². The Morgan fingerprint density at radius 3 is 2.81 bits per heavy atom. The van der Waals surface area contributed by atoms with Crippen LogP contribution in [-0.4, -0.2) is 6.79 Å². The molecule has 1 heterocycles. The summed E-state index contributed by atoms with van der Waals surface area (Å²) < 4.78 is 10.9. The fourth-order valence-corrected chi connectivity index (χ4v) is 3.53. The molecule has 0 unspecified atom stereocenters. The van der Waals surface area contributed by atoms with Crippen molar-refractivity contribution in [2.45, 2.75) is 17.3 Å². The minimum Gasteiger partial charge on any atom is -0.467 e. The number of nitrogens with two attached hydrogens (primary N) is 1. The zero-order valence-electron chi connectivity index (χ0n) is 11.1. The van der Waals surface area contributed by atoms with Gasteiger partial charge in [0, 0.05) is 37.5 Å². The second kappa shape index (κ2) is 6.36. The van der Waals surface area contributed by atoms with Crippen LogP contribution in [0.3, 0.4) is 0 Å². The lowest BCUT2D eigenvalue weighted by Gasteiger charge is -2.21. The van der Waals surface area contributed by atoms with Crippen LogP contribution in [0.15, 0.2) is 35.2 Å². The summed E-state index contributed by atoms with van der Waals surface area (Å²) >= 11 is 13.7. The first-order valence-electron chi connectivity index (χ1n) is 6.33. The second-order valence-electron chi connectivity index (χ2n) is 4.63. The van der Waals surface area contributed by atoms with Crippen LogP contribution in [0.5, 0.6) is 5.75 Å². The molecule has 1 aliphatic rings. The molecule has 0 fully saturated rings. The van der Waals surface area contributed by atoms with Crippen molar-refractivity contribution < 1.29 is 9.47 Å². The van der Waals surface area contributed by atoms with Crippen molar-refractivity contribution in [3.05, 3.63) is 51.5 Å². The Bertz CT molecular complexity index is 679. The SMILES string of the molecule is Nc1cc(Cl)ccc1SCc1cc(Cl)cc2c1OCOC2. The van der Waals surface area contributed by atoms with Crippen LogP contribution in [0, 0.1) is 0 Å². The molecule has 0 aliphatic carbocycles. The van der Waals surface area contributed by atoms with Crippen LogP contribution in [-0.2, 0) is 17.1 Å². The third kappa shape index (κ3) is 3.40. The quantitative estimate of drug-likeness (QED) is 0.647. The van der Waals surface area contributed by atoms with Gasteiger partial charge in [0.1, 0.15) is 5.75 Å². The summed E-state index contributed by atoms with van der Waals surface area (Å²) in [5.74, 6) is 1.58. The number of ether oxygens (including phenoxy) is 2. The topological polar surface area (TPSA) is 44.5 Å². The highest BCUT2D eigenvalue weighted by Gasteiger charge is 2.16. The number of benzene rings is 2. The van der Waals surface area contributed by atoms with Crippen molar-refractivity contribution in [1.29, 1.82) is 0 Å². The maximum Gasteiger partial charge on any atom is 0.189 e. The van der Waals surface area contributed by atoms with Gasteiger partial charge >= 0.3 is 0 Å². The molecule has 21 heavy (non-hydrogen) atoms. The standard InChI is InChI=1S/C15H13Cl2NO2S/c16-11-1-2-14(13(18)5-11)21-7-10-4-12(17)3-9-6-19-8-20-15(9)10/h1-5H,6-8,18H2. The molecule has 0 amide bonds. The highest BCUT2D eigenvalue weighted by Crippen LogP contribution is 2.37. The lowest BCUT2D eigenvalue weighted by molar-refractivity contribution is -0.0168. The third-order valence-corrected chi connectivity index (χ3v) is 4.70. The van der Waals surface area contributed by atoms with Gasteiger partial charge in [0.15, 0.2) is 6.79 Å². The summed E-state index contributed by atoms with van der Waals surface area (Å²) in [6, 6.07) is 9.30. The Morgan fingerprint density at radius 2 is 2.00 bits per heavy atom. The summed E-state index contributed by atoms with van der Waals surface area (Å²) in [5.41, 5.74) is 8.67. The molecule has 0 spiro atoms. The minimum absolute atomic E-state index is 0.273. The predicted molar refractivity (Wildman–Crippen MR) is 87.2 cm³/mol. The Labute approximate surface area is 137 Å². The first kappa shape index (κ1) is 14.9. The zero-order chi connectivity index (χ0) is 14.8. The van der Waals surface area contributed by atoms with Crippen molar-refractivity contribution in [2.24, 2.45) is 0 Å². The van der Waals surface area contributed by atoms with E-state index in [-0.39, 0.29) is 6.79 Å². The van der Waals surface area contributed by atoms with Crippen molar-refractivity contribution in [1.82, 2.24) is 0 Å². The zero-order valence-corrected chi connectivity index (χ0v) is 13.4. The maximum atomic E-state index is 6.15. The number of halogens is 2. The molecule has 2 aromatic carbocycles. The lowest BCUT2D eigenvalue weighted by atomic mass is 10.1. The molecular weight excluding hydrogens is 329 g/mol. The van der Waals surface area contributed by atoms with Gasteiger partial charge in [0.2, 0.25) is 0 Å². The van der Waals surface area contributed by atoms with Gasteiger partial charge < -0.3 is 15.2 Å². The van der Waals surface area contributed by atoms with Crippen LogP contribution < -0.4 is 10.5 Å². The monoisotopic (exact) mass is 341 g/mol. The maximum absolute atomic E-state index is 6.15. The number of hydrogen-bond acceptors (Lipinski definition) is 4. The molecule has 3 nitrogen and oxygen atoms in total. The Morgan fingerprint density at radius 1 is 1.14 bits per heavy atom. The number of anilines is 1. The Kier molecular flexibility index (Phi) is 4.50. The van der Waals surface area contributed by atoms with Gasteiger partial charge in [0.25, 0.3) is 0 Å². The van der Waals surface area contributed by atoms with Crippen LogP contribution in [0.4, 0.5) is 5.69 Å². The average Bonchev–Trinajstić information content (AvgIpc) is 2.46. The number of hydrogen-bond donors (Lipinski definition) is 1. The number of nitrogen functional groups attached to an aromatic ring is 1. The molecule has 1 aliphatic heterocycles. The summed E-state index contributed by atoms with van der Waals surface area (Å²) in [6.45, 7) is 0.798. The van der Waals surface area contributed by atoms with E-state index in [1.807, 2.05) is 24.3 Å². The van der Waals surface area contributed by atoms with E-state index in [1.54, 1.807) is 17.8 Å². The van der Waals surface area contributed by atoms with Crippen LogP contribution in [0.2, 0.25) is 10.0 Å². The van der Waals surface area contributed by atoms with Gasteiger partial charge in [-0.25, -0.2) is 0 Å². The van der Waals surface area contributed by atoms with E-state index in [2.05, 4.69) is 0 Å². The smallest absolute Gasteiger partial charge is 0.189 e. The number of fused-ring (bicyclic) bond motifs is 1. The van der Waals surface area contributed by atoms with E-state index >= 15 is 0 Å². The first-order chi connectivity index (χ1) is 10.1. The highest BCUT2D eigenvalue weighted by atomic mass is 35.5. The third-order valence-electron chi connectivity index (χ3n) is 3.11. The molecular formula is C15H13Cl2NO2S. The fourth-order valence-electron chi connectivity index (χ4n) is 2.17. The normalized spacial score (nSPS) is 13.6. The van der Waals surface area contributed by atoms with Gasteiger partial charge in [-0.05, 0) is 30.3 Å². The Balaban J connectivity index is 1.83. The second-order valence-corrected chi connectivity index (χ2v) is 6.52. The van der Waals surface area contributed by atoms with E-state index in [0.717, 1.165) is 21.8 Å². The molecule has 110 valence electrons. The van der Waals surface area contributed by atoms with Gasteiger partial charge in [-0.3, -0.25) is 0 Å². The van der Waals surface area contributed by atoms with E-state index < -0.39 is 0 Å². The molecule has 0 bridgehead atoms. The summed E-state index contributed by atoms with van der Waals surface area (Å²) in [5, 5.41) is 1.32. The summed E-state index contributed by atoms with van der Waals surface area (Å²) in [6.07, 6.45) is 0. The van der Waals surface area contributed by atoms with Crippen molar-refractivity contribution in [3.8, 4) is 5.75 Å². The van der Waals surface area contributed by atoms with Crippen molar-refractivity contribution >= 4 is 40.7 Å². The molecule has 6 heteroatoms. The average molecular weight is 342 g/mol. The van der Waals surface area contributed by atoms with E-state index in [4.69, 9.17) is 38.4 Å². The molecule has 0 saturated heterocycles. The summed E-state index contributed by atoms with van der Waals surface area (Å²) in [4.78, 5) is 0.986. The van der Waals surface area contributed by atoms with E-state index in [9.17, 15) is 0 Å². The van der Waals surface area contributed by atoms with Crippen LogP contribution in [0.25, 0.3) is 0 Å². The molecule has 3 rings (SSSR count). The number of thioether (sulfide) groups is 1. The van der Waals surface area contributed by atoms with E-state index in [1.165, 1.54) is 0 Å². The summed E-state index contributed by atoms with van der Waals surface area (Å²) in [7, 11) is 0. The molecule has 0 radical (unpaired) electrons. The largest absolute Gasteiger partial charge is 0.467 e. The fraction of sp³-hybridized carbons (Fsp3) is 0.200. The first-order valence-corrected chi connectivity index (χ1v) is 8.07. The molecule has 0 atom stereocenters. The Hall–Kier alpha value is -1.07. The van der Waals surface area contributed by atoms with Gasteiger partial charge in [-0.2, -0.15) is 0 Å². The molecule has 0 aromatic heterocycles. The molecule has 2 N–H and O–H groups in total. The predicted octanol–water partition coefficient (Wildman–Crippen LogP) is 4.73. The van der Waals surface area contributed by atoms with E-state index in [0.29, 0.717) is 28.1 Å². The van der Waals surface area contributed by atoms with Crippen molar-refractivity contribution in [3.63, 3.8) is 0 Å². The van der Waals surface area contributed by atoms with Gasteiger partial charge in [-0.1, -0.05) is 23.2 Å².